The summed E-state index contributed by atoms with van der Waals surface area (Å²) in [6.07, 6.45) is 0.637. The van der Waals surface area contributed by atoms with Crippen molar-refractivity contribution in [1.29, 1.82) is 0 Å². The second-order valence-corrected chi connectivity index (χ2v) is 8.09. The van der Waals surface area contributed by atoms with Gasteiger partial charge in [-0.25, -0.2) is 4.39 Å². The largest absolute Gasteiger partial charge is 0.507 e. The summed E-state index contributed by atoms with van der Waals surface area (Å²) in [5.41, 5.74) is 0.734. The van der Waals surface area contributed by atoms with Gasteiger partial charge in [-0.15, -0.1) is 0 Å². The molecule has 0 radical (unpaired) electrons. The fourth-order valence-corrected chi connectivity index (χ4v) is 4.35. The zero-order chi connectivity index (χ0) is 23.4. The van der Waals surface area contributed by atoms with E-state index >= 15 is 0 Å². The van der Waals surface area contributed by atoms with Crippen LogP contribution in [-0.4, -0.2) is 73.1 Å². The Morgan fingerprint density at radius 1 is 1.12 bits per heavy atom. The normalized spacial score (nSPS) is 20.9. The summed E-state index contributed by atoms with van der Waals surface area (Å²) < 4.78 is 24.7. The molecule has 2 aromatic rings. The quantitative estimate of drug-likeness (QED) is 0.394. The van der Waals surface area contributed by atoms with Crippen molar-refractivity contribution in [2.45, 2.75) is 12.5 Å². The SMILES string of the molecule is COc1cccc(/C(O)=C2/C(=O)C(=O)N(CCCN3CCOCC3)C2c2cccc(F)c2)c1. The van der Waals surface area contributed by atoms with E-state index in [1.165, 1.54) is 30.2 Å². The first-order valence-electron chi connectivity index (χ1n) is 11.0. The van der Waals surface area contributed by atoms with E-state index in [1.54, 1.807) is 30.3 Å². The number of hydrogen-bond acceptors (Lipinski definition) is 6. The van der Waals surface area contributed by atoms with Crippen LogP contribution in [0.4, 0.5) is 4.39 Å². The average Bonchev–Trinajstić information content (AvgIpc) is 3.09. The topological polar surface area (TPSA) is 79.3 Å². The average molecular weight is 454 g/mol. The summed E-state index contributed by atoms with van der Waals surface area (Å²) in [5, 5.41) is 11.1. The van der Waals surface area contributed by atoms with E-state index in [-0.39, 0.29) is 11.3 Å². The van der Waals surface area contributed by atoms with Crippen LogP contribution in [0.1, 0.15) is 23.6 Å². The molecule has 1 N–H and O–H groups in total. The lowest BCUT2D eigenvalue weighted by Gasteiger charge is -2.29. The van der Waals surface area contributed by atoms with Crippen LogP contribution < -0.4 is 4.74 Å². The van der Waals surface area contributed by atoms with E-state index in [0.717, 1.165) is 19.6 Å². The van der Waals surface area contributed by atoms with Crippen LogP contribution >= 0.6 is 0 Å². The molecule has 1 amide bonds. The number of benzene rings is 2. The fourth-order valence-electron chi connectivity index (χ4n) is 4.35. The molecule has 2 aliphatic heterocycles. The number of rotatable bonds is 7. The highest BCUT2D eigenvalue weighted by Crippen LogP contribution is 2.40. The van der Waals surface area contributed by atoms with E-state index in [4.69, 9.17) is 9.47 Å². The number of hydrogen-bond donors (Lipinski definition) is 1. The number of aliphatic hydroxyl groups is 1. The van der Waals surface area contributed by atoms with Gasteiger partial charge in [0.2, 0.25) is 0 Å². The van der Waals surface area contributed by atoms with Crippen molar-refractivity contribution in [3.63, 3.8) is 0 Å². The van der Waals surface area contributed by atoms with Gasteiger partial charge < -0.3 is 19.5 Å². The smallest absolute Gasteiger partial charge is 0.295 e. The number of ketones is 1. The number of nitrogens with zero attached hydrogens (tertiary/aromatic N) is 2. The zero-order valence-corrected chi connectivity index (χ0v) is 18.5. The number of ether oxygens (including phenoxy) is 2. The molecule has 2 heterocycles. The molecule has 0 bridgehead atoms. The van der Waals surface area contributed by atoms with E-state index in [9.17, 15) is 19.1 Å². The number of carbonyl (C=O) groups is 2. The van der Waals surface area contributed by atoms with Crippen molar-refractivity contribution in [1.82, 2.24) is 9.80 Å². The first-order chi connectivity index (χ1) is 16.0. The Balaban J connectivity index is 1.68. The lowest BCUT2D eigenvalue weighted by molar-refractivity contribution is -0.140. The predicted octanol–water partition coefficient (Wildman–Crippen LogP) is 2.98. The Bertz CT molecular complexity index is 1060. The van der Waals surface area contributed by atoms with Crippen molar-refractivity contribution in [3.05, 3.63) is 71.0 Å². The molecule has 33 heavy (non-hydrogen) atoms. The predicted molar refractivity (Wildman–Crippen MR) is 120 cm³/mol. The molecule has 2 fully saturated rings. The summed E-state index contributed by atoms with van der Waals surface area (Å²) in [6, 6.07) is 11.5. The third-order valence-corrected chi connectivity index (χ3v) is 6.02. The molecule has 0 spiro atoms. The molecule has 2 saturated heterocycles. The molecule has 0 aliphatic carbocycles. The number of aliphatic hydroxyl groups excluding tert-OH is 1. The van der Waals surface area contributed by atoms with E-state index < -0.39 is 23.5 Å². The summed E-state index contributed by atoms with van der Waals surface area (Å²) in [5.74, 6) is -1.77. The van der Waals surface area contributed by atoms with Gasteiger partial charge in [-0.05, 0) is 36.2 Å². The van der Waals surface area contributed by atoms with Crippen LogP contribution in [0.25, 0.3) is 5.76 Å². The highest BCUT2D eigenvalue weighted by Gasteiger charge is 2.46. The van der Waals surface area contributed by atoms with Gasteiger partial charge in [0.15, 0.2) is 0 Å². The zero-order valence-electron chi connectivity index (χ0n) is 18.5. The highest BCUT2D eigenvalue weighted by molar-refractivity contribution is 6.46. The molecule has 0 saturated carbocycles. The molecule has 7 nitrogen and oxygen atoms in total. The molecule has 1 unspecified atom stereocenters. The first-order valence-corrected chi connectivity index (χ1v) is 11.0. The number of likely N-dealkylation sites (tertiary alicyclic amines) is 1. The molecule has 174 valence electrons. The second kappa shape index (κ2) is 10.1. The number of amides is 1. The number of carbonyl (C=O) groups excluding carboxylic acids is 2. The maximum atomic E-state index is 14.1. The number of halogens is 1. The summed E-state index contributed by atoms with van der Waals surface area (Å²) >= 11 is 0. The van der Waals surface area contributed by atoms with Crippen LogP contribution in [0.3, 0.4) is 0 Å². The number of Topliss-reactive ketones (excluding diaryl/α,β-unsaturated/α-hetero) is 1. The van der Waals surface area contributed by atoms with Gasteiger partial charge in [0.25, 0.3) is 11.7 Å². The molecule has 1 atom stereocenters. The lowest BCUT2D eigenvalue weighted by atomic mass is 9.95. The molecular weight excluding hydrogens is 427 g/mol. The highest BCUT2D eigenvalue weighted by atomic mass is 19.1. The van der Waals surface area contributed by atoms with Crippen molar-refractivity contribution >= 4 is 17.4 Å². The maximum Gasteiger partial charge on any atom is 0.295 e. The van der Waals surface area contributed by atoms with Gasteiger partial charge in [0, 0.05) is 31.7 Å². The monoisotopic (exact) mass is 454 g/mol. The Morgan fingerprint density at radius 3 is 2.61 bits per heavy atom. The van der Waals surface area contributed by atoms with Gasteiger partial charge in [0.05, 0.1) is 31.9 Å². The molecule has 4 rings (SSSR count). The summed E-state index contributed by atoms with van der Waals surface area (Å²) in [4.78, 5) is 29.7. The van der Waals surface area contributed by atoms with Crippen molar-refractivity contribution in [2.75, 3.05) is 46.5 Å². The van der Waals surface area contributed by atoms with Crippen molar-refractivity contribution in [2.24, 2.45) is 0 Å². The third kappa shape index (κ3) is 4.91. The molecule has 2 aromatic carbocycles. The second-order valence-electron chi connectivity index (χ2n) is 8.09. The lowest BCUT2D eigenvalue weighted by Crippen LogP contribution is -2.39. The minimum atomic E-state index is -0.878. The first kappa shape index (κ1) is 22.9. The molecule has 0 aromatic heterocycles. The van der Waals surface area contributed by atoms with E-state index in [1.807, 2.05) is 0 Å². The maximum absolute atomic E-state index is 14.1. The Hall–Kier alpha value is -3.23. The van der Waals surface area contributed by atoms with Gasteiger partial charge in [-0.1, -0.05) is 24.3 Å². The van der Waals surface area contributed by atoms with Crippen LogP contribution in [0, 0.1) is 5.82 Å². The standard InChI is InChI=1S/C25H27FN2O5/c1-32-20-8-3-6-18(16-20)23(29)21-22(17-5-2-7-19(26)15-17)28(25(31)24(21)30)10-4-9-27-11-13-33-14-12-27/h2-3,5-8,15-16,22,29H,4,9-14H2,1H3/b23-21-. The third-order valence-electron chi connectivity index (χ3n) is 6.02. The van der Waals surface area contributed by atoms with Crippen molar-refractivity contribution in [3.8, 4) is 5.75 Å². The molecule has 2 aliphatic rings. The van der Waals surface area contributed by atoms with Gasteiger partial charge >= 0.3 is 0 Å². The van der Waals surface area contributed by atoms with Crippen LogP contribution in [0.15, 0.2) is 54.1 Å². The van der Waals surface area contributed by atoms with Crippen LogP contribution in [0.5, 0.6) is 5.75 Å². The molecular formula is C25H27FN2O5. The van der Waals surface area contributed by atoms with E-state index in [2.05, 4.69) is 4.90 Å². The minimum absolute atomic E-state index is 0.0507. The fraction of sp³-hybridized carbons (Fsp3) is 0.360. The van der Waals surface area contributed by atoms with Gasteiger partial charge in [0.1, 0.15) is 17.3 Å². The minimum Gasteiger partial charge on any atom is -0.507 e. The van der Waals surface area contributed by atoms with Crippen LogP contribution in [-0.2, 0) is 14.3 Å². The van der Waals surface area contributed by atoms with Gasteiger partial charge in [-0.3, -0.25) is 14.5 Å². The summed E-state index contributed by atoms with van der Waals surface area (Å²) in [7, 11) is 1.50. The van der Waals surface area contributed by atoms with E-state index in [0.29, 0.717) is 43.1 Å². The Kier molecular flexibility index (Phi) is 7.05. The summed E-state index contributed by atoms with van der Waals surface area (Å²) in [6.45, 7) is 4.04. The van der Waals surface area contributed by atoms with Crippen LogP contribution in [0.2, 0.25) is 0 Å². The Morgan fingerprint density at radius 2 is 1.88 bits per heavy atom. The molecule has 8 heteroatoms. The Labute approximate surface area is 192 Å². The van der Waals surface area contributed by atoms with Gasteiger partial charge in [-0.2, -0.15) is 0 Å². The number of morpholine rings is 1. The van der Waals surface area contributed by atoms with Crippen molar-refractivity contribution < 1.29 is 28.6 Å². The number of methoxy groups -OCH3 is 1.